The highest BCUT2D eigenvalue weighted by molar-refractivity contribution is 5.86. The topological polar surface area (TPSA) is 50.2 Å². The number of carbonyl (C=O) groups is 1. The van der Waals surface area contributed by atoms with E-state index in [-0.39, 0.29) is 17.5 Å². The summed E-state index contributed by atoms with van der Waals surface area (Å²) >= 11 is 0. The molecular formula is C19H32N4O. The molecule has 1 aromatic heterocycles. The van der Waals surface area contributed by atoms with E-state index in [1.54, 1.807) is 0 Å². The van der Waals surface area contributed by atoms with Crippen LogP contribution in [0.15, 0.2) is 12.3 Å². The molecule has 1 N–H and O–H groups in total. The lowest BCUT2D eigenvalue weighted by Crippen LogP contribution is -2.61. The van der Waals surface area contributed by atoms with Crippen molar-refractivity contribution in [3.8, 4) is 0 Å². The van der Waals surface area contributed by atoms with Gasteiger partial charge in [0.1, 0.15) is 5.54 Å². The third-order valence-electron chi connectivity index (χ3n) is 5.99. The van der Waals surface area contributed by atoms with Crippen molar-refractivity contribution in [3.63, 3.8) is 0 Å². The summed E-state index contributed by atoms with van der Waals surface area (Å²) in [5.74, 6) is 0.247. The minimum Gasteiger partial charge on any atom is -0.346 e. The molecule has 0 spiro atoms. The number of aryl methyl sites for hydroxylation is 1. The summed E-state index contributed by atoms with van der Waals surface area (Å²) in [4.78, 5) is 15.9. The Hall–Kier alpha value is -1.36. The number of aromatic nitrogens is 2. The van der Waals surface area contributed by atoms with E-state index < -0.39 is 0 Å². The summed E-state index contributed by atoms with van der Waals surface area (Å²) in [7, 11) is 1.95. The zero-order valence-corrected chi connectivity index (χ0v) is 15.3. The van der Waals surface area contributed by atoms with Crippen LogP contribution in [0.2, 0.25) is 0 Å². The van der Waals surface area contributed by atoms with Gasteiger partial charge in [-0.3, -0.25) is 14.4 Å². The summed E-state index contributed by atoms with van der Waals surface area (Å²) in [5, 5.41) is 7.64. The Bertz CT molecular complexity index is 541. The molecule has 5 nitrogen and oxygen atoms in total. The zero-order chi connectivity index (χ0) is 17.0. The molecule has 0 bridgehead atoms. The average molecular weight is 332 g/mol. The van der Waals surface area contributed by atoms with E-state index in [4.69, 9.17) is 0 Å². The molecule has 0 unspecified atom stereocenters. The standard InChI is InChI=1S/C19H32N4O/c1-3-16(17-10-13-20-22(17)2)21-18(24)19(11-6-4-7-12-19)23-14-8-5-9-15-23/h10,13,16H,3-9,11-12,14-15H2,1-2H3,(H,21,24)/t16-/m1/s1. The molecule has 3 rings (SSSR count). The van der Waals surface area contributed by atoms with Gasteiger partial charge in [-0.15, -0.1) is 0 Å². The Balaban J connectivity index is 1.79. The number of likely N-dealkylation sites (tertiary alicyclic amines) is 1. The van der Waals surface area contributed by atoms with Crippen LogP contribution in [-0.4, -0.2) is 39.2 Å². The number of carbonyl (C=O) groups excluding carboxylic acids is 1. The van der Waals surface area contributed by atoms with Crippen LogP contribution in [0.1, 0.15) is 76.4 Å². The lowest BCUT2D eigenvalue weighted by molar-refractivity contribution is -0.138. The van der Waals surface area contributed by atoms with E-state index in [1.807, 2.05) is 24.0 Å². The molecule has 1 aromatic rings. The second-order valence-electron chi connectivity index (χ2n) is 7.45. The van der Waals surface area contributed by atoms with Crippen LogP contribution < -0.4 is 5.32 Å². The van der Waals surface area contributed by atoms with Gasteiger partial charge in [0.25, 0.3) is 0 Å². The summed E-state index contributed by atoms with van der Waals surface area (Å²) in [6.07, 6.45) is 12.1. The average Bonchev–Trinajstić information content (AvgIpc) is 3.06. The van der Waals surface area contributed by atoms with Crippen LogP contribution in [-0.2, 0) is 11.8 Å². The van der Waals surface area contributed by atoms with Gasteiger partial charge in [0.15, 0.2) is 0 Å². The van der Waals surface area contributed by atoms with Crippen molar-refractivity contribution >= 4 is 5.91 Å². The fourth-order valence-electron chi connectivity index (χ4n) is 4.55. The molecule has 1 saturated heterocycles. The molecule has 1 saturated carbocycles. The summed E-state index contributed by atoms with van der Waals surface area (Å²) in [6, 6.07) is 2.07. The summed E-state index contributed by atoms with van der Waals surface area (Å²) in [6.45, 7) is 4.29. The Labute approximate surface area is 145 Å². The summed E-state index contributed by atoms with van der Waals surface area (Å²) in [5.41, 5.74) is 0.820. The number of hydrogen-bond donors (Lipinski definition) is 1. The van der Waals surface area contributed by atoms with Gasteiger partial charge in [-0.05, 0) is 51.3 Å². The second kappa shape index (κ2) is 7.68. The van der Waals surface area contributed by atoms with Gasteiger partial charge in [0.2, 0.25) is 5.91 Å². The van der Waals surface area contributed by atoms with Crippen LogP contribution in [0.3, 0.4) is 0 Å². The third kappa shape index (κ3) is 3.37. The minimum absolute atomic E-state index is 0.0496. The van der Waals surface area contributed by atoms with Gasteiger partial charge in [-0.2, -0.15) is 5.10 Å². The van der Waals surface area contributed by atoms with E-state index >= 15 is 0 Å². The van der Waals surface area contributed by atoms with Gasteiger partial charge in [-0.25, -0.2) is 0 Å². The monoisotopic (exact) mass is 332 g/mol. The molecule has 1 atom stereocenters. The predicted octanol–water partition coefficient (Wildman–Crippen LogP) is 3.18. The van der Waals surface area contributed by atoms with Crippen LogP contribution in [0, 0.1) is 0 Å². The Morgan fingerprint density at radius 2 is 1.88 bits per heavy atom. The molecule has 1 aliphatic heterocycles. The Kier molecular flexibility index (Phi) is 5.59. The highest BCUT2D eigenvalue weighted by Gasteiger charge is 2.45. The maximum Gasteiger partial charge on any atom is 0.241 e. The number of nitrogens with zero attached hydrogens (tertiary/aromatic N) is 3. The quantitative estimate of drug-likeness (QED) is 0.901. The van der Waals surface area contributed by atoms with E-state index in [9.17, 15) is 4.79 Å². The van der Waals surface area contributed by atoms with Crippen molar-refractivity contribution in [2.45, 2.75) is 76.3 Å². The first-order valence-corrected chi connectivity index (χ1v) is 9.71. The smallest absolute Gasteiger partial charge is 0.241 e. The largest absolute Gasteiger partial charge is 0.346 e. The lowest BCUT2D eigenvalue weighted by atomic mass is 9.78. The highest BCUT2D eigenvalue weighted by atomic mass is 16.2. The van der Waals surface area contributed by atoms with Crippen molar-refractivity contribution in [2.75, 3.05) is 13.1 Å². The molecule has 5 heteroatoms. The van der Waals surface area contributed by atoms with Gasteiger partial charge >= 0.3 is 0 Å². The van der Waals surface area contributed by atoms with Gasteiger partial charge < -0.3 is 5.32 Å². The van der Waals surface area contributed by atoms with Crippen molar-refractivity contribution in [2.24, 2.45) is 7.05 Å². The maximum atomic E-state index is 13.4. The molecule has 2 fully saturated rings. The van der Waals surface area contributed by atoms with Crippen molar-refractivity contribution in [1.29, 1.82) is 0 Å². The first-order chi connectivity index (χ1) is 11.7. The van der Waals surface area contributed by atoms with Crippen molar-refractivity contribution in [1.82, 2.24) is 20.0 Å². The molecule has 134 valence electrons. The molecule has 0 aromatic carbocycles. The van der Waals surface area contributed by atoms with Crippen LogP contribution in [0.4, 0.5) is 0 Å². The number of rotatable bonds is 5. The number of amides is 1. The van der Waals surface area contributed by atoms with Crippen LogP contribution in [0.5, 0.6) is 0 Å². The second-order valence-corrected chi connectivity index (χ2v) is 7.45. The number of hydrogen-bond acceptors (Lipinski definition) is 3. The molecule has 1 amide bonds. The molecule has 1 aliphatic carbocycles. The zero-order valence-electron chi connectivity index (χ0n) is 15.3. The van der Waals surface area contributed by atoms with E-state index in [0.717, 1.165) is 38.0 Å². The van der Waals surface area contributed by atoms with Crippen LogP contribution >= 0.6 is 0 Å². The first-order valence-electron chi connectivity index (χ1n) is 9.71. The molecule has 24 heavy (non-hydrogen) atoms. The van der Waals surface area contributed by atoms with Gasteiger partial charge in [0, 0.05) is 13.2 Å². The summed E-state index contributed by atoms with van der Waals surface area (Å²) < 4.78 is 1.88. The van der Waals surface area contributed by atoms with E-state index in [0.29, 0.717) is 0 Å². The Morgan fingerprint density at radius 1 is 1.21 bits per heavy atom. The van der Waals surface area contributed by atoms with Crippen molar-refractivity contribution in [3.05, 3.63) is 18.0 Å². The predicted molar refractivity (Wildman–Crippen MR) is 95.6 cm³/mol. The van der Waals surface area contributed by atoms with Crippen molar-refractivity contribution < 1.29 is 4.79 Å². The Morgan fingerprint density at radius 3 is 2.46 bits per heavy atom. The lowest BCUT2D eigenvalue weighted by Gasteiger charge is -2.47. The van der Waals surface area contributed by atoms with Gasteiger partial charge in [-0.1, -0.05) is 32.6 Å². The third-order valence-corrected chi connectivity index (χ3v) is 5.99. The number of nitrogens with one attached hydrogen (secondary N) is 1. The molecule has 2 aliphatic rings. The molecule has 2 heterocycles. The maximum absolute atomic E-state index is 13.4. The number of piperidine rings is 1. The normalized spacial score (nSPS) is 22.9. The SMILES string of the molecule is CC[C@@H](NC(=O)C1(N2CCCCC2)CCCCC1)c1ccnn1C. The fraction of sp³-hybridized carbons (Fsp3) is 0.789. The minimum atomic E-state index is -0.273. The first kappa shape index (κ1) is 17.5. The van der Waals surface area contributed by atoms with E-state index in [1.165, 1.54) is 38.5 Å². The van der Waals surface area contributed by atoms with Gasteiger partial charge in [0.05, 0.1) is 11.7 Å². The highest BCUT2D eigenvalue weighted by Crippen LogP contribution is 2.36. The van der Waals surface area contributed by atoms with E-state index in [2.05, 4.69) is 22.2 Å². The molecule has 0 radical (unpaired) electrons. The fourth-order valence-corrected chi connectivity index (χ4v) is 4.55. The van der Waals surface area contributed by atoms with Crippen LogP contribution in [0.25, 0.3) is 0 Å². The molecular weight excluding hydrogens is 300 g/mol.